The van der Waals surface area contributed by atoms with Crippen molar-refractivity contribution in [2.75, 3.05) is 19.6 Å². The summed E-state index contributed by atoms with van der Waals surface area (Å²) < 4.78 is 13.3. The van der Waals surface area contributed by atoms with Gasteiger partial charge in [-0.05, 0) is 67.6 Å². The Labute approximate surface area is 187 Å². The first-order chi connectivity index (χ1) is 13.7. The van der Waals surface area contributed by atoms with Crippen molar-refractivity contribution < 1.29 is 9.50 Å². The van der Waals surface area contributed by atoms with Crippen LogP contribution in [0.1, 0.15) is 24.5 Å². The van der Waals surface area contributed by atoms with Crippen LogP contribution in [-0.4, -0.2) is 35.7 Å². The number of aliphatic imine (C=N–C) groups is 1. The van der Waals surface area contributed by atoms with Crippen molar-refractivity contribution >= 4 is 40.8 Å². The summed E-state index contributed by atoms with van der Waals surface area (Å²) in [6, 6.07) is 12.1. The van der Waals surface area contributed by atoms with Gasteiger partial charge < -0.3 is 20.7 Å². The van der Waals surface area contributed by atoms with E-state index in [-0.39, 0.29) is 29.8 Å². The number of nitrogens with zero attached hydrogens (tertiary/aromatic N) is 1. The summed E-state index contributed by atoms with van der Waals surface area (Å²) in [5.41, 5.74) is 3.18. The standard InChI is InChI=1S/C22H27FN4O.HI/c1-2-24-22(25-12-3-4-16-5-8-19(28)9-6-16)26-13-11-17-15-27-21-14-18(23)7-10-20(17)21;/h5-10,14-15,27-28H,2-4,11-13H2,1H3,(H2,24,25,26);1H. The van der Waals surface area contributed by atoms with Gasteiger partial charge in [-0.25, -0.2) is 4.39 Å². The Bertz CT molecular complexity index is 924. The first-order valence-electron chi connectivity index (χ1n) is 9.71. The number of nitrogens with one attached hydrogen (secondary N) is 3. The number of H-pyrrole nitrogens is 1. The molecule has 0 fully saturated rings. The third-order valence-electron chi connectivity index (χ3n) is 4.59. The molecule has 2 aromatic carbocycles. The molecular formula is C22H28FIN4O. The molecule has 0 bridgehead atoms. The van der Waals surface area contributed by atoms with E-state index in [9.17, 15) is 9.50 Å². The van der Waals surface area contributed by atoms with Crippen molar-refractivity contribution in [2.24, 2.45) is 4.99 Å². The van der Waals surface area contributed by atoms with Crippen molar-refractivity contribution in [1.29, 1.82) is 0 Å². The van der Waals surface area contributed by atoms with Crippen LogP contribution in [0.15, 0.2) is 53.7 Å². The topological polar surface area (TPSA) is 72.4 Å². The highest BCUT2D eigenvalue weighted by molar-refractivity contribution is 14.0. The number of aromatic hydroxyl groups is 1. The van der Waals surface area contributed by atoms with Crippen LogP contribution < -0.4 is 10.6 Å². The zero-order valence-corrected chi connectivity index (χ0v) is 18.9. The highest BCUT2D eigenvalue weighted by Crippen LogP contribution is 2.19. The lowest BCUT2D eigenvalue weighted by molar-refractivity contribution is 0.475. The zero-order chi connectivity index (χ0) is 19.8. The van der Waals surface area contributed by atoms with Crippen LogP contribution in [0.25, 0.3) is 10.9 Å². The van der Waals surface area contributed by atoms with Gasteiger partial charge in [-0.2, -0.15) is 0 Å². The maximum atomic E-state index is 13.3. The molecule has 1 aromatic heterocycles. The monoisotopic (exact) mass is 510 g/mol. The zero-order valence-electron chi connectivity index (χ0n) is 16.5. The second kappa shape index (κ2) is 11.6. The summed E-state index contributed by atoms with van der Waals surface area (Å²) in [5.74, 6) is 0.868. The molecule has 3 aromatic rings. The first-order valence-corrected chi connectivity index (χ1v) is 9.71. The van der Waals surface area contributed by atoms with E-state index in [1.54, 1.807) is 12.1 Å². The lowest BCUT2D eigenvalue weighted by atomic mass is 10.1. The van der Waals surface area contributed by atoms with Gasteiger partial charge in [-0.15, -0.1) is 24.0 Å². The summed E-state index contributed by atoms with van der Waals surface area (Å²) in [6.07, 6.45) is 4.63. The Kier molecular flexibility index (Phi) is 9.24. The minimum atomic E-state index is -0.229. The highest BCUT2D eigenvalue weighted by Gasteiger charge is 2.05. The molecule has 0 atom stereocenters. The third-order valence-corrected chi connectivity index (χ3v) is 4.59. The van der Waals surface area contributed by atoms with Crippen LogP contribution in [0, 0.1) is 5.82 Å². The van der Waals surface area contributed by atoms with Crippen LogP contribution in [0.4, 0.5) is 4.39 Å². The molecule has 4 N–H and O–H groups in total. The molecule has 0 aliphatic heterocycles. The summed E-state index contributed by atoms with van der Waals surface area (Å²) in [6.45, 7) is 4.31. The van der Waals surface area contributed by atoms with Gasteiger partial charge in [-0.1, -0.05) is 12.1 Å². The molecule has 0 aliphatic rings. The minimum Gasteiger partial charge on any atom is -0.508 e. The maximum Gasteiger partial charge on any atom is 0.191 e. The first kappa shape index (κ1) is 23.0. The number of rotatable bonds is 8. The largest absolute Gasteiger partial charge is 0.508 e. The van der Waals surface area contributed by atoms with Crippen molar-refractivity contribution in [3.05, 3.63) is 65.6 Å². The number of aromatic amines is 1. The summed E-state index contributed by atoms with van der Waals surface area (Å²) in [5, 5.41) is 17.0. The average molecular weight is 510 g/mol. The van der Waals surface area contributed by atoms with Crippen molar-refractivity contribution in [2.45, 2.75) is 26.2 Å². The molecule has 156 valence electrons. The van der Waals surface area contributed by atoms with Gasteiger partial charge in [0.2, 0.25) is 0 Å². The lowest BCUT2D eigenvalue weighted by Gasteiger charge is -2.11. The van der Waals surface area contributed by atoms with E-state index < -0.39 is 0 Å². The molecule has 0 aliphatic carbocycles. The molecular weight excluding hydrogens is 482 g/mol. The Morgan fingerprint density at radius 1 is 1.10 bits per heavy atom. The van der Waals surface area contributed by atoms with Gasteiger partial charge in [0.1, 0.15) is 11.6 Å². The van der Waals surface area contributed by atoms with E-state index in [0.717, 1.165) is 61.3 Å². The summed E-state index contributed by atoms with van der Waals surface area (Å²) in [4.78, 5) is 7.75. The molecule has 0 amide bonds. The van der Waals surface area contributed by atoms with Gasteiger partial charge in [0, 0.05) is 36.7 Å². The van der Waals surface area contributed by atoms with Crippen LogP contribution in [0.2, 0.25) is 0 Å². The van der Waals surface area contributed by atoms with Gasteiger partial charge in [0.05, 0.1) is 0 Å². The van der Waals surface area contributed by atoms with E-state index in [2.05, 4.69) is 20.6 Å². The number of benzene rings is 2. The fourth-order valence-electron chi connectivity index (χ4n) is 3.16. The number of phenols is 1. The summed E-state index contributed by atoms with van der Waals surface area (Å²) in [7, 11) is 0. The van der Waals surface area contributed by atoms with Crippen molar-refractivity contribution in [3.63, 3.8) is 0 Å². The fourth-order valence-corrected chi connectivity index (χ4v) is 3.16. The van der Waals surface area contributed by atoms with E-state index in [1.165, 1.54) is 17.7 Å². The molecule has 0 spiro atoms. The molecule has 1 heterocycles. The smallest absolute Gasteiger partial charge is 0.191 e. The molecule has 0 saturated carbocycles. The van der Waals surface area contributed by atoms with E-state index in [4.69, 9.17) is 0 Å². The Balaban J connectivity index is 0.00000300. The molecule has 5 nitrogen and oxygen atoms in total. The van der Waals surface area contributed by atoms with E-state index in [1.807, 2.05) is 31.3 Å². The SMILES string of the molecule is CCNC(=NCCCc1ccc(O)cc1)NCCc1c[nH]c2cc(F)ccc12.I. The number of guanidine groups is 1. The number of hydrogen-bond donors (Lipinski definition) is 4. The number of fused-ring (bicyclic) bond motifs is 1. The average Bonchev–Trinajstić information content (AvgIpc) is 3.08. The Morgan fingerprint density at radius 3 is 2.66 bits per heavy atom. The normalized spacial score (nSPS) is 11.3. The van der Waals surface area contributed by atoms with Crippen LogP contribution >= 0.6 is 24.0 Å². The second-order valence-electron chi connectivity index (χ2n) is 6.71. The quantitative estimate of drug-likeness (QED) is 0.158. The number of phenolic OH excluding ortho intramolecular Hbond substituents is 1. The fraction of sp³-hybridized carbons (Fsp3) is 0.318. The van der Waals surface area contributed by atoms with Crippen LogP contribution in [-0.2, 0) is 12.8 Å². The lowest BCUT2D eigenvalue weighted by Crippen LogP contribution is -2.38. The molecule has 7 heteroatoms. The Morgan fingerprint density at radius 2 is 1.90 bits per heavy atom. The van der Waals surface area contributed by atoms with Crippen LogP contribution in [0.5, 0.6) is 5.75 Å². The number of aryl methyl sites for hydroxylation is 1. The third kappa shape index (κ3) is 6.92. The number of hydrogen-bond acceptors (Lipinski definition) is 2. The van der Waals surface area contributed by atoms with Crippen molar-refractivity contribution in [3.8, 4) is 5.75 Å². The number of halogens is 2. The van der Waals surface area contributed by atoms with Gasteiger partial charge in [-0.3, -0.25) is 4.99 Å². The summed E-state index contributed by atoms with van der Waals surface area (Å²) >= 11 is 0. The molecule has 0 saturated heterocycles. The van der Waals surface area contributed by atoms with E-state index in [0.29, 0.717) is 5.75 Å². The minimum absolute atomic E-state index is 0. The van der Waals surface area contributed by atoms with Gasteiger partial charge in [0.25, 0.3) is 0 Å². The second-order valence-corrected chi connectivity index (χ2v) is 6.71. The van der Waals surface area contributed by atoms with Gasteiger partial charge >= 0.3 is 0 Å². The number of aromatic nitrogens is 1. The molecule has 29 heavy (non-hydrogen) atoms. The Hall–Kier alpha value is -2.29. The maximum absolute atomic E-state index is 13.3. The molecule has 0 unspecified atom stereocenters. The molecule has 3 rings (SSSR count). The highest BCUT2D eigenvalue weighted by atomic mass is 127. The molecule has 0 radical (unpaired) electrons. The van der Waals surface area contributed by atoms with E-state index >= 15 is 0 Å². The van der Waals surface area contributed by atoms with Gasteiger partial charge in [0.15, 0.2) is 5.96 Å². The van der Waals surface area contributed by atoms with Crippen molar-refractivity contribution in [1.82, 2.24) is 15.6 Å². The predicted molar refractivity (Wildman–Crippen MR) is 128 cm³/mol. The van der Waals surface area contributed by atoms with Crippen LogP contribution in [0.3, 0.4) is 0 Å². The predicted octanol–water partition coefficient (Wildman–Crippen LogP) is 4.36.